The van der Waals surface area contributed by atoms with E-state index in [4.69, 9.17) is 15.9 Å². The number of para-hydroxylation sites is 1. The maximum atomic E-state index is 13.7. The average Bonchev–Trinajstić information content (AvgIpc) is 2.39. The van der Waals surface area contributed by atoms with Crippen molar-refractivity contribution in [3.63, 3.8) is 0 Å². The highest BCUT2D eigenvalue weighted by Crippen LogP contribution is 2.18. The number of rotatable bonds is 4. The average molecular weight is 262 g/mol. The number of hydrogen-bond donors (Lipinski definition) is 2. The summed E-state index contributed by atoms with van der Waals surface area (Å²) in [6, 6.07) is 10.1. The molecule has 0 fully saturated rings. The van der Waals surface area contributed by atoms with E-state index in [1.54, 1.807) is 12.1 Å². The van der Waals surface area contributed by atoms with Crippen LogP contribution in [0.5, 0.6) is 5.75 Å². The number of hydrogen-bond acceptors (Lipinski definition) is 2. The highest BCUT2D eigenvalue weighted by atomic mass is 19.1. The molecule has 2 rings (SSSR count). The molecule has 0 atom stereocenters. The number of nitrogens with one attached hydrogen (secondary N) is 1. The largest absolute Gasteiger partial charge is 0.486 e. The molecule has 3 nitrogen and oxygen atoms in total. The Balaban J connectivity index is 2.12. The first-order valence-electron chi connectivity index (χ1n) is 5.58. The highest BCUT2D eigenvalue weighted by molar-refractivity contribution is 5.94. The Hall–Kier alpha value is -2.43. The molecule has 0 bridgehead atoms. The van der Waals surface area contributed by atoms with E-state index >= 15 is 0 Å². The third-order valence-electron chi connectivity index (χ3n) is 2.58. The second-order valence-electron chi connectivity index (χ2n) is 3.94. The molecular weight excluding hydrogens is 250 g/mol. The number of amidine groups is 1. The van der Waals surface area contributed by atoms with Crippen molar-refractivity contribution in [3.05, 3.63) is 65.2 Å². The molecule has 0 unspecified atom stereocenters. The fourth-order valence-corrected chi connectivity index (χ4v) is 1.55. The summed E-state index contributed by atoms with van der Waals surface area (Å²) in [5, 5.41) is 7.20. The lowest BCUT2D eigenvalue weighted by atomic mass is 10.1. The van der Waals surface area contributed by atoms with Crippen molar-refractivity contribution in [2.45, 2.75) is 6.61 Å². The minimum atomic E-state index is -0.538. The van der Waals surface area contributed by atoms with Crippen molar-refractivity contribution in [1.82, 2.24) is 0 Å². The lowest BCUT2D eigenvalue weighted by Gasteiger charge is -2.08. The van der Waals surface area contributed by atoms with E-state index in [0.29, 0.717) is 5.56 Å². The Morgan fingerprint density at radius 3 is 2.47 bits per heavy atom. The third-order valence-corrected chi connectivity index (χ3v) is 2.58. The van der Waals surface area contributed by atoms with E-state index in [2.05, 4.69) is 0 Å². The van der Waals surface area contributed by atoms with Crippen LogP contribution >= 0.6 is 0 Å². The summed E-state index contributed by atoms with van der Waals surface area (Å²) in [4.78, 5) is 0. The summed E-state index contributed by atoms with van der Waals surface area (Å²) in [6.07, 6.45) is 0. The lowest BCUT2D eigenvalue weighted by Crippen LogP contribution is -2.12. The maximum Gasteiger partial charge on any atom is 0.165 e. The van der Waals surface area contributed by atoms with Gasteiger partial charge in [0.05, 0.1) is 0 Å². The van der Waals surface area contributed by atoms with Crippen molar-refractivity contribution in [3.8, 4) is 5.75 Å². The van der Waals surface area contributed by atoms with Crippen molar-refractivity contribution >= 4 is 5.84 Å². The van der Waals surface area contributed by atoms with Crippen molar-refractivity contribution in [1.29, 1.82) is 5.41 Å². The van der Waals surface area contributed by atoms with E-state index in [1.165, 1.54) is 24.3 Å². The molecule has 0 saturated carbocycles. The summed E-state index contributed by atoms with van der Waals surface area (Å²) in [7, 11) is 0. The first-order chi connectivity index (χ1) is 9.08. The number of ether oxygens (including phenoxy) is 1. The summed E-state index contributed by atoms with van der Waals surface area (Å²) in [5.74, 6) is -1.18. The van der Waals surface area contributed by atoms with Gasteiger partial charge in [0.15, 0.2) is 11.6 Å². The van der Waals surface area contributed by atoms with Gasteiger partial charge in [0.25, 0.3) is 0 Å². The van der Waals surface area contributed by atoms with Crippen molar-refractivity contribution < 1.29 is 13.5 Å². The van der Waals surface area contributed by atoms with Crippen LogP contribution in [0.15, 0.2) is 42.5 Å². The Morgan fingerprint density at radius 2 is 1.84 bits per heavy atom. The molecule has 0 heterocycles. The molecule has 0 saturated heterocycles. The van der Waals surface area contributed by atoms with Crippen LogP contribution in [0.2, 0.25) is 0 Å². The standard InChI is InChI=1S/C14H12F2N2O/c15-11-3-1-2-4-13(11)19-8-10-6-5-9(14(17)18)7-12(10)16/h1-7H,8H2,(H3,17,18). The Labute approximate surface area is 109 Å². The molecule has 0 aromatic heterocycles. The number of nitrogens with two attached hydrogens (primary N) is 1. The predicted molar refractivity (Wildman–Crippen MR) is 68.1 cm³/mol. The van der Waals surface area contributed by atoms with Gasteiger partial charge < -0.3 is 10.5 Å². The molecule has 5 heteroatoms. The number of halogens is 2. The first kappa shape index (κ1) is 13.0. The van der Waals surface area contributed by atoms with Crippen molar-refractivity contribution in [2.24, 2.45) is 5.73 Å². The van der Waals surface area contributed by atoms with E-state index < -0.39 is 11.6 Å². The SMILES string of the molecule is N=C(N)c1ccc(COc2ccccc2F)c(F)c1. The minimum Gasteiger partial charge on any atom is -0.486 e. The van der Waals surface area contributed by atoms with Crippen LogP contribution in [0, 0.1) is 17.0 Å². The molecule has 2 aromatic carbocycles. The smallest absolute Gasteiger partial charge is 0.165 e. The van der Waals surface area contributed by atoms with E-state index in [9.17, 15) is 8.78 Å². The van der Waals surface area contributed by atoms with Gasteiger partial charge in [-0.1, -0.05) is 24.3 Å². The lowest BCUT2D eigenvalue weighted by molar-refractivity contribution is 0.285. The van der Waals surface area contributed by atoms with Gasteiger partial charge in [-0.15, -0.1) is 0 Å². The van der Waals surface area contributed by atoms with E-state index in [1.807, 2.05) is 0 Å². The maximum absolute atomic E-state index is 13.7. The molecule has 98 valence electrons. The number of nitrogen functional groups attached to an aromatic ring is 1. The second kappa shape index (κ2) is 5.48. The number of benzene rings is 2. The van der Waals surface area contributed by atoms with Gasteiger partial charge in [-0.25, -0.2) is 8.78 Å². The summed E-state index contributed by atoms with van der Waals surface area (Å²) >= 11 is 0. The zero-order chi connectivity index (χ0) is 13.8. The molecule has 0 aliphatic heterocycles. The van der Waals surface area contributed by atoms with Crippen LogP contribution in [-0.4, -0.2) is 5.84 Å². The Morgan fingerprint density at radius 1 is 1.11 bits per heavy atom. The zero-order valence-electron chi connectivity index (χ0n) is 9.99. The van der Waals surface area contributed by atoms with Gasteiger partial charge in [-0.2, -0.15) is 0 Å². The molecule has 0 amide bonds. The fourth-order valence-electron chi connectivity index (χ4n) is 1.55. The summed E-state index contributed by atoms with van der Waals surface area (Å²) in [5.41, 5.74) is 5.82. The quantitative estimate of drug-likeness (QED) is 0.657. The van der Waals surface area contributed by atoms with Crippen LogP contribution in [0.3, 0.4) is 0 Å². The van der Waals surface area contributed by atoms with Crippen LogP contribution in [0.4, 0.5) is 8.78 Å². The van der Waals surface area contributed by atoms with Gasteiger partial charge in [0.2, 0.25) is 0 Å². The van der Waals surface area contributed by atoms with Gasteiger partial charge >= 0.3 is 0 Å². The minimum absolute atomic E-state index is 0.0672. The van der Waals surface area contributed by atoms with E-state index in [0.717, 1.165) is 6.07 Å². The Kier molecular flexibility index (Phi) is 3.75. The zero-order valence-corrected chi connectivity index (χ0v) is 9.99. The fraction of sp³-hybridized carbons (Fsp3) is 0.0714. The normalized spacial score (nSPS) is 10.2. The molecule has 3 N–H and O–H groups in total. The van der Waals surface area contributed by atoms with Crippen molar-refractivity contribution in [2.75, 3.05) is 0 Å². The Bertz CT molecular complexity index is 614. The van der Waals surface area contributed by atoms with Crippen LogP contribution < -0.4 is 10.5 Å². The molecule has 2 aromatic rings. The first-order valence-corrected chi connectivity index (χ1v) is 5.58. The molecule has 19 heavy (non-hydrogen) atoms. The van der Waals surface area contributed by atoms with Crippen LogP contribution in [0.1, 0.15) is 11.1 Å². The molecule has 0 spiro atoms. The summed E-state index contributed by atoms with van der Waals surface area (Å²) < 4.78 is 32.2. The van der Waals surface area contributed by atoms with Gasteiger partial charge in [0, 0.05) is 11.1 Å². The topological polar surface area (TPSA) is 59.1 Å². The molecule has 0 aliphatic carbocycles. The van der Waals surface area contributed by atoms with Gasteiger partial charge in [0.1, 0.15) is 18.3 Å². The van der Waals surface area contributed by atoms with Gasteiger partial charge in [-0.3, -0.25) is 5.41 Å². The monoisotopic (exact) mass is 262 g/mol. The van der Waals surface area contributed by atoms with Crippen LogP contribution in [-0.2, 0) is 6.61 Å². The van der Waals surface area contributed by atoms with Crippen LogP contribution in [0.25, 0.3) is 0 Å². The predicted octanol–water partition coefficient (Wildman–Crippen LogP) is 2.83. The molecular formula is C14H12F2N2O. The summed E-state index contributed by atoms with van der Waals surface area (Å²) in [6.45, 7) is -0.0923. The second-order valence-corrected chi connectivity index (χ2v) is 3.94. The highest BCUT2D eigenvalue weighted by Gasteiger charge is 2.07. The molecule has 0 aliphatic rings. The third kappa shape index (κ3) is 3.07. The van der Waals surface area contributed by atoms with E-state index in [-0.39, 0.29) is 23.8 Å². The molecule has 0 radical (unpaired) electrons. The van der Waals surface area contributed by atoms with Gasteiger partial charge in [-0.05, 0) is 18.2 Å².